The number of hydrogen-bond acceptors (Lipinski definition) is 6. The molecule has 0 saturated carbocycles. The van der Waals surface area contributed by atoms with Gasteiger partial charge in [-0.3, -0.25) is 0 Å². The first-order valence-corrected chi connectivity index (χ1v) is 6.73. The maximum Gasteiger partial charge on any atom is 0.338 e. The molecule has 1 aromatic carbocycles. The van der Waals surface area contributed by atoms with Gasteiger partial charge in [-0.15, -0.1) is 0 Å². The molecule has 0 bridgehead atoms. The Morgan fingerprint density at radius 2 is 2.14 bits per heavy atom. The number of esters is 1. The van der Waals surface area contributed by atoms with Crippen LogP contribution in [0.5, 0.6) is 0 Å². The zero-order valence-corrected chi connectivity index (χ0v) is 12.0. The van der Waals surface area contributed by atoms with Crippen molar-refractivity contribution in [3.63, 3.8) is 0 Å². The van der Waals surface area contributed by atoms with Crippen LogP contribution < -0.4 is 5.73 Å². The SMILES string of the molecule is Nc1cc(C(=O)OCc2cc(-c3ccco3)on2)ccc1Cl. The summed E-state index contributed by atoms with van der Waals surface area (Å²) in [4.78, 5) is 11.9. The van der Waals surface area contributed by atoms with E-state index >= 15 is 0 Å². The lowest BCUT2D eigenvalue weighted by Crippen LogP contribution is -2.06. The Kier molecular flexibility index (Phi) is 3.84. The molecule has 0 spiro atoms. The monoisotopic (exact) mass is 318 g/mol. The second-order valence-electron chi connectivity index (χ2n) is 4.47. The fraction of sp³-hybridized carbons (Fsp3) is 0.0667. The number of benzene rings is 1. The molecule has 7 heteroatoms. The van der Waals surface area contributed by atoms with E-state index in [1.54, 1.807) is 24.3 Å². The maximum absolute atomic E-state index is 11.9. The molecule has 6 nitrogen and oxygen atoms in total. The Hall–Kier alpha value is -2.73. The molecule has 0 atom stereocenters. The van der Waals surface area contributed by atoms with Crippen LogP contribution in [0.15, 0.2) is 51.6 Å². The quantitative estimate of drug-likeness (QED) is 0.584. The Labute approximate surface area is 130 Å². The third-order valence-corrected chi connectivity index (χ3v) is 3.25. The summed E-state index contributed by atoms with van der Waals surface area (Å²) in [5.74, 6) is 0.494. The van der Waals surface area contributed by atoms with Gasteiger partial charge in [-0.2, -0.15) is 0 Å². The molecule has 0 amide bonds. The average molecular weight is 319 g/mol. The number of anilines is 1. The van der Waals surface area contributed by atoms with E-state index in [0.29, 0.717) is 33.5 Å². The van der Waals surface area contributed by atoms with Gasteiger partial charge in [0, 0.05) is 6.07 Å². The van der Waals surface area contributed by atoms with Crippen LogP contribution in [0.4, 0.5) is 5.69 Å². The highest BCUT2D eigenvalue weighted by Crippen LogP contribution is 2.22. The van der Waals surface area contributed by atoms with Gasteiger partial charge < -0.3 is 19.4 Å². The van der Waals surface area contributed by atoms with Crippen molar-refractivity contribution in [1.29, 1.82) is 0 Å². The normalized spacial score (nSPS) is 10.6. The van der Waals surface area contributed by atoms with Crippen LogP contribution in [0.3, 0.4) is 0 Å². The molecule has 0 aliphatic carbocycles. The van der Waals surface area contributed by atoms with E-state index in [9.17, 15) is 4.79 Å². The van der Waals surface area contributed by atoms with Gasteiger partial charge in [0.2, 0.25) is 5.76 Å². The van der Waals surface area contributed by atoms with Crippen LogP contribution >= 0.6 is 11.6 Å². The number of aromatic nitrogens is 1. The van der Waals surface area contributed by atoms with Gasteiger partial charge in [0.25, 0.3) is 0 Å². The first-order chi connectivity index (χ1) is 10.6. The van der Waals surface area contributed by atoms with Crippen molar-refractivity contribution in [2.24, 2.45) is 0 Å². The Morgan fingerprint density at radius 1 is 1.27 bits per heavy atom. The summed E-state index contributed by atoms with van der Waals surface area (Å²) in [6, 6.07) is 9.66. The summed E-state index contributed by atoms with van der Waals surface area (Å²) in [5.41, 5.74) is 6.75. The number of hydrogen-bond donors (Lipinski definition) is 1. The molecule has 0 radical (unpaired) electrons. The molecule has 3 rings (SSSR count). The maximum atomic E-state index is 11.9. The van der Waals surface area contributed by atoms with Crippen LogP contribution in [0.1, 0.15) is 16.1 Å². The van der Waals surface area contributed by atoms with E-state index in [4.69, 9.17) is 31.0 Å². The molecule has 112 valence electrons. The van der Waals surface area contributed by atoms with E-state index in [2.05, 4.69) is 5.16 Å². The highest BCUT2D eigenvalue weighted by Gasteiger charge is 2.13. The van der Waals surface area contributed by atoms with Crippen molar-refractivity contribution in [2.75, 3.05) is 5.73 Å². The van der Waals surface area contributed by atoms with Crippen LogP contribution in [-0.2, 0) is 11.3 Å². The van der Waals surface area contributed by atoms with Crippen molar-refractivity contribution in [3.05, 3.63) is 58.9 Å². The summed E-state index contributed by atoms with van der Waals surface area (Å²) in [7, 11) is 0. The highest BCUT2D eigenvalue weighted by molar-refractivity contribution is 6.33. The van der Waals surface area contributed by atoms with Gasteiger partial charge in [0.15, 0.2) is 5.76 Å². The number of nitrogen functional groups attached to an aromatic ring is 1. The number of halogens is 1. The lowest BCUT2D eigenvalue weighted by atomic mass is 10.2. The van der Waals surface area contributed by atoms with E-state index < -0.39 is 5.97 Å². The van der Waals surface area contributed by atoms with Gasteiger partial charge >= 0.3 is 5.97 Å². The Balaban J connectivity index is 1.65. The molecule has 2 heterocycles. The second kappa shape index (κ2) is 5.95. The fourth-order valence-electron chi connectivity index (χ4n) is 1.81. The minimum absolute atomic E-state index is 0.0222. The Morgan fingerprint density at radius 3 is 2.86 bits per heavy atom. The highest BCUT2D eigenvalue weighted by atomic mass is 35.5. The zero-order valence-electron chi connectivity index (χ0n) is 11.3. The van der Waals surface area contributed by atoms with Crippen LogP contribution in [0.25, 0.3) is 11.5 Å². The molecule has 22 heavy (non-hydrogen) atoms. The first-order valence-electron chi connectivity index (χ1n) is 6.35. The number of rotatable bonds is 4. The molecule has 0 aliphatic rings. The lowest BCUT2D eigenvalue weighted by molar-refractivity contribution is 0.0464. The van der Waals surface area contributed by atoms with E-state index in [0.717, 1.165) is 0 Å². The van der Waals surface area contributed by atoms with Gasteiger partial charge in [-0.1, -0.05) is 16.8 Å². The topological polar surface area (TPSA) is 91.5 Å². The van der Waals surface area contributed by atoms with Gasteiger partial charge in [-0.05, 0) is 30.3 Å². The molecule has 3 aromatic rings. The minimum atomic E-state index is -0.522. The summed E-state index contributed by atoms with van der Waals surface area (Å²) in [5, 5.41) is 4.20. The van der Waals surface area contributed by atoms with Crippen molar-refractivity contribution >= 4 is 23.3 Å². The van der Waals surface area contributed by atoms with Crippen molar-refractivity contribution < 1.29 is 18.5 Å². The van der Waals surface area contributed by atoms with E-state index in [-0.39, 0.29) is 6.61 Å². The predicted molar refractivity (Wildman–Crippen MR) is 79.2 cm³/mol. The zero-order chi connectivity index (χ0) is 15.5. The smallest absolute Gasteiger partial charge is 0.338 e. The van der Waals surface area contributed by atoms with E-state index in [1.807, 2.05) is 0 Å². The predicted octanol–water partition coefficient (Wildman–Crippen LogP) is 3.53. The van der Waals surface area contributed by atoms with Crippen LogP contribution in [-0.4, -0.2) is 11.1 Å². The van der Waals surface area contributed by atoms with Gasteiger partial charge in [0.1, 0.15) is 12.3 Å². The molecule has 2 N–H and O–H groups in total. The van der Waals surface area contributed by atoms with Gasteiger partial charge in [-0.25, -0.2) is 4.79 Å². The summed E-state index contributed by atoms with van der Waals surface area (Å²) < 4.78 is 15.4. The average Bonchev–Trinajstić information content (AvgIpc) is 3.18. The largest absolute Gasteiger partial charge is 0.461 e. The summed E-state index contributed by atoms with van der Waals surface area (Å²) in [6.07, 6.45) is 1.53. The van der Waals surface area contributed by atoms with E-state index in [1.165, 1.54) is 18.4 Å². The van der Waals surface area contributed by atoms with Crippen LogP contribution in [0.2, 0.25) is 5.02 Å². The third kappa shape index (κ3) is 2.96. The molecular weight excluding hydrogens is 308 g/mol. The number of nitrogens with two attached hydrogens (primary N) is 1. The number of nitrogens with zero attached hydrogens (tertiary/aromatic N) is 1. The van der Waals surface area contributed by atoms with Crippen molar-refractivity contribution in [1.82, 2.24) is 5.16 Å². The first kappa shape index (κ1) is 14.2. The molecular formula is C15H11ClN2O4. The standard InChI is InChI=1S/C15H11ClN2O4/c16-11-4-3-9(6-12(11)17)15(19)21-8-10-7-14(22-18-10)13-2-1-5-20-13/h1-7H,8,17H2. The molecule has 0 unspecified atom stereocenters. The van der Waals surface area contributed by atoms with Crippen molar-refractivity contribution in [3.8, 4) is 11.5 Å². The molecule has 0 aliphatic heterocycles. The molecule has 0 saturated heterocycles. The molecule has 2 aromatic heterocycles. The third-order valence-electron chi connectivity index (χ3n) is 2.91. The Bertz CT molecular complexity index is 796. The lowest BCUT2D eigenvalue weighted by Gasteiger charge is -2.04. The summed E-state index contributed by atoms with van der Waals surface area (Å²) in [6.45, 7) is -0.0222. The van der Waals surface area contributed by atoms with Crippen molar-refractivity contribution in [2.45, 2.75) is 6.61 Å². The van der Waals surface area contributed by atoms with Gasteiger partial charge in [0.05, 0.1) is 22.5 Å². The second-order valence-corrected chi connectivity index (χ2v) is 4.88. The molecule has 0 fully saturated rings. The number of ether oxygens (including phenoxy) is 1. The number of carbonyl (C=O) groups excluding carboxylic acids is 1. The minimum Gasteiger partial charge on any atom is -0.461 e. The fourth-order valence-corrected chi connectivity index (χ4v) is 1.93. The summed E-state index contributed by atoms with van der Waals surface area (Å²) >= 11 is 5.80. The number of carbonyl (C=O) groups is 1. The number of furan rings is 1. The van der Waals surface area contributed by atoms with Crippen LogP contribution in [0, 0.1) is 0 Å².